The monoisotopic (exact) mass is 339 g/mol. The molecule has 3 aromatic rings. The van der Waals surface area contributed by atoms with Crippen LogP contribution in [0.15, 0.2) is 42.6 Å². The lowest BCUT2D eigenvalue weighted by atomic mass is 10.1. The zero-order valence-electron chi connectivity index (χ0n) is 13.5. The van der Waals surface area contributed by atoms with Crippen molar-refractivity contribution in [2.75, 3.05) is 31.1 Å². The van der Waals surface area contributed by atoms with Gasteiger partial charge < -0.3 is 4.90 Å². The van der Waals surface area contributed by atoms with Crippen LogP contribution in [0.25, 0.3) is 10.2 Å². The summed E-state index contributed by atoms with van der Waals surface area (Å²) >= 11 is 1.63. The molecule has 0 aliphatic carbocycles. The molecule has 0 unspecified atom stereocenters. The lowest BCUT2D eigenvalue weighted by molar-refractivity contribution is -0.364. The third kappa shape index (κ3) is 2.85. The number of rotatable bonds is 2. The summed E-state index contributed by atoms with van der Waals surface area (Å²) in [6, 6.07) is 11.9. The lowest BCUT2D eigenvalue weighted by Gasteiger charge is -2.31. The Bertz CT molecular complexity index is 869. The highest BCUT2D eigenvalue weighted by molar-refractivity contribution is 7.18. The van der Waals surface area contributed by atoms with Gasteiger partial charge in [0.1, 0.15) is 13.1 Å². The fraction of sp³-hybridized carbons (Fsp3) is 0.278. The van der Waals surface area contributed by atoms with Crippen molar-refractivity contribution in [1.29, 1.82) is 0 Å². The van der Waals surface area contributed by atoms with Crippen LogP contribution in [0.4, 0.5) is 5.82 Å². The minimum atomic E-state index is 0.111. The van der Waals surface area contributed by atoms with E-state index in [0.29, 0.717) is 0 Å². The van der Waals surface area contributed by atoms with Crippen LogP contribution in [0.3, 0.4) is 0 Å². The van der Waals surface area contributed by atoms with Gasteiger partial charge in [0, 0.05) is 11.6 Å². The summed E-state index contributed by atoms with van der Waals surface area (Å²) in [7, 11) is 0. The lowest BCUT2D eigenvalue weighted by Crippen LogP contribution is -2.50. The van der Waals surface area contributed by atoms with Crippen LogP contribution in [-0.4, -0.2) is 42.0 Å². The number of piperazine rings is 1. The molecule has 0 saturated carbocycles. The van der Waals surface area contributed by atoms with E-state index in [4.69, 9.17) is 0 Å². The second-order valence-electron chi connectivity index (χ2n) is 5.94. The molecule has 1 aliphatic rings. The quantitative estimate of drug-likeness (QED) is 0.720. The van der Waals surface area contributed by atoms with Crippen molar-refractivity contribution >= 4 is 33.3 Å². The fourth-order valence-electron chi connectivity index (χ4n) is 3.09. The minimum absolute atomic E-state index is 0.111. The summed E-state index contributed by atoms with van der Waals surface area (Å²) in [5.74, 6) is 1.21. The van der Waals surface area contributed by atoms with Gasteiger partial charge in [-0.15, -0.1) is 11.3 Å². The molecule has 4 rings (SSSR count). The predicted octanol–water partition coefficient (Wildman–Crippen LogP) is 2.38. The van der Waals surface area contributed by atoms with Crippen molar-refractivity contribution < 1.29 is 9.78 Å². The minimum Gasteiger partial charge on any atom is -0.331 e. The average molecular weight is 339 g/mol. The molecular weight excluding hydrogens is 320 g/mol. The van der Waals surface area contributed by atoms with Crippen molar-refractivity contribution in [3.05, 3.63) is 53.2 Å². The highest BCUT2D eigenvalue weighted by atomic mass is 32.1. The number of benzene rings is 1. The van der Waals surface area contributed by atoms with Crippen LogP contribution in [0.2, 0.25) is 0 Å². The zero-order valence-corrected chi connectivity index (χ0v) is 14.3. The first kappa shape index (κ1) is 15.1. The predicted molar refractivity (Wildman–Crippen MR) is 95.5 cm³/mol. The highest BCUT2D eigenvalue weighted by Crippen LogP contribution is 2.23. The van der Waals surface area contributed by atoms with Gasteiger partial charge >= 0.3 is 0 Å². The van der Waals surface area contributed by atoms with E-state index in [1.54, 1.807) is 11.3 Å². The first-order valence-corrected chi connectivity index (χ1v) is 8.90. The third-order valence-corrected chi connectivity index (χ3v) is 5.28. The largest absolute Gasteiger partial charge is 0.331 e. The summed E-state index contributed by atoms with van der Waals surface area (Å²) in [6.45, 7) is 5.15. The number of thiazole rings is 1. The first-order valence-electron chi connectivity index (χ1n) is 8.09. The van der Waals surface area contributed by atoms with Crippen LogP contribution >= 0.6 is 11.3 Å². The molecule has 1 aliphatic heterocycles. The maximum atomic E-state index is 12.8. The number of hydrogen-bond donors (Lipinski definition) is 0. The van der Waals surface area contributed by atoms with E-state index in [2.05, 4.69) is 20.9 Å². The van der Waals surface area contributed by atoms with E-state index in [9.17, 15) is 4.79 Å². The van der Waals surface area contributed by atoms with Crippen molar-refractivity contribution in [3.63, 3.8) is 0 Å². The van der Waals surface area contributed by atoms with Crippen LogP contribution in [0.1, 0.15) is 15.4 Å². The Balaban J connectivity index is 1.47. The molecule has 122 valence electrons. The van der Waals surface area contributed by atoms with E-state index in [-0.39, 0.29) is 5.91 Å². The van der Waals surface area contributed by atoms with E-state index in [1.165, 1.54) is 0 Å². The van der Waals surface area contributed by atoms with Crippen LogP contribution in [-0.2, 0) is 0 Å². The SMILES string of the molecule is Cc1nc2ccc(C(=O)N3CCN(c4cccc[nH+]4)CC3)cc2s1. The number of carbonyl (C=O) groups is 1. The maximum absolute atomic E-state index is 12.8. The van der Waals surface area contributed by atoms with Gasteiger partial charge in [-0.3, -0.25) is 9.69 Å². The van der Waals surface area contributed by atoms with Crippen molar-refractivity contribution in [2.24, 2.45) is 0 Å². The molecule has 1 saturated heterocycles. The molecule has 1 N–H and O–H groups in total. The molecule has 1 fully saturated rings. The molecule has 0 spiro atoms. The number of anilines is 1. The Kier molecular flexibility index (Phi) is 3.90. The Morgan fingerprint density at radius 3 is 2.75 bits per heavy atom. The van der Waals surface area contributed by atoms with Crippen LogP contribution < -0.4 is 9.88 Å². The van der Waals surface area contributed by atoms with Gasteiger partial charge in [-0.1, -0.05) is 6.07 Å². The molecule has 0 atom stereocenters. The fourth-order valence-corrected chi connectivity index (χ4v) is 3.95. The zero-order chi connectivity index (χ0) is 16.5. The molecule has 0 radical (unpaired) electrons. The molecule has 0 bridgehead atoms. The Morgan fingerprint density at radius 1 is 1.17 bits per heavy atom. The number of H-pyrrole nitrogens is 1. The highest BCUT2D eigenvalue weighted by Gasteiger charge is 2.26. The molecule has 1 amide bonds. The van der Waals surface area contributed by atoms with Crippen molar-refractivity contribution in [3.8, 4) is 0 Å². The average Bonchev–Trinajstić information content (AvgIpc) is 3.01. The number of pyridine rings is 1. The van der Waals surface area contributed by atoms with E-state index >= 15 is 0 Å². The Labute approximate surface area is 144 Å². The normalized spacial score (nSPS) is 15.0. The van der Waals surface area contributed by atoms with Gasteiger partial charge in [-0.05, 0) is 31.2 Å². The summed E-state index contributed by atoms with van der Waals surface area (Å²) in [5.41, 5.74) is 1.73. The smallest absolute Gasteiger partial charge is 0.274 e. The number of nitrogens with zero attached hydrogens (tertiary/aromatic N) is 3. The Morgan fingerprint density at radius 2 is 2.00 bits per heavy atom. The van der Waals surface area contributed by atoms with E-state index < -0.39 is 0 Å². The molecular formula is C18H19N4OS+. The molecule has 3 heterocycles. The standard InChI is InChI=1S/C18H18N4OS/c1-13-20-15-6-5-14(12-16(15)24-13)18(23)22-10-8-21(9-11-22)17-4-2-3-7-19-17/h2-7,12H,8-11H2,1H3/p+1. The van der Waals surface area contributed by atoms with E-state index in [0.717, 1.165) is 52.8 Å². The molecule has 5 nitrogen and oxygen atoms in total. The van der Waals surface area contributed by atoms with Gasteiger partial charge in [0.05, 0.1) is 34.5 Å². The second-order valence-corrected chi connectivity index (χ2v) is 7.18. The van der Waals surface area contributed by atoms with Gasteiger partial charge in [-0.2, -0.15) is 0 Å². The van der Waals surface area contributed by atoms with Crippen LogP contribution in [0.5, 0.6) is 0 Å². The third-order valence-electron chi connectivity index (χ3n) is 4.34. The topological polar surface area (TPSA) is 50.6 Å². The number of fused-ring (bicyclic) bond motifs is 1. The van der Waals surface area contributed by atoms with Crippen molar-refractivity contribution in [1.82, 2.24) is 9.88 Å². The summed E-state index contributed by atoms with van der Waals surface area (Å²) in [4.78, 5) is 24.7. The number of carbonyl (C=O) groups excluding carboxylic acids is 1. The van der Waals surface area contributed by atoms with Crippen molar-refractivity contribution in [2.45, 2.75) is 6.92 Å². The molecule has 6 heteroatoms. The number of aryl methyl sites for hydroxylation is 1. The number of aromatic nitrogens is 2. The number of aromatic amines is 1. The first-order chi connectivity index (χ1) is 11.7. The number of hydrogen-bond acceptors (Lipinski definition) is 4. The Hall–Kier alpha value is -2.47. The van der Waals surface area contributed by atoms with Crippen LogP contribution in [0, 0.1) is 6.92 Å². The number of nitrogens with one attached hydrogen (secondary N) is 1. The number of amides is 1. The second kappa shape index (κ2) is 6.20. The van der Waals surface area contributed by atoms with Gasteiger partial charge in [-0.25, -0.2) is 9.97 Å². The van der Waals surface area contributed by atoms with E-state index in [1.807, 2.05) is 48.4 Å². The molecule has 2 aromatic heterocycles. The molecule has 1 aromatic carbocycles. The maximum Gasteiger partial charge on any atom is 0.274 e. The van der Waals surface area contributed by atoms with Gasteiger partial charge in [0.15, 0.2) is 0 Å². The summed E-state index contributed by atoms with van der Waals surface area (Å²) < 4.78 is 1.08. The van der Waals surface area contributed by atoms with Gasteiger partial charge in [0.2, 0.25) is 0 Å². The molecule has 24 heavy (non-hydrogen) atoms. The van der Waals surface area contributed by atoms with Gasteiger partial charge in [0.25, 0.3) is 11.7 Å². The summed E-state index contributed by atoms with van der Waals surface area (Å²) in [5, 5.41) is 1.03. The summed E-state index contributed by atoms with van der Waals surface area (Å²) in [6.07, 6.45) is 1.93.